The molecule has 0 radical (unpaired) electrons. The lowest BCUT2D eigenvalue weighted by Gasteiger charge is -2.12. The number of anilines is 1. The largest absolute Gasteiger partial charge is 0.478 e. The van der Waals surface area contributed by atoms with Gasteiger partial charge in [0.2, 0.25) is 0 Å². The number of thiophene rings is 1. The summed E-state index contributed by atoms with van der Waals surface area (Å²) in [7, 11) is 0. The molecular weight excluding hydrogens is 358 g/mol. The van der Waals surface area contributed by atoms with Crippen LogP contribution in [0.1, 0.15) is 22.2 Å². The zero-order valence-electron chi connectivity index (χ0n) is 10.9. The molecule has 0 aliphatic rings. The van der Waals surface area contributed by atoms with E-state index in [1.165, 1.54) is 0 Å². The second-order valence-electron chi connectivity index (χ2n) is 4.00. The Balaban J connectivity index is 2.22. The van der Waals surface area contributed by atoms with E-state index in [1.807, 2.05) is 36.6 Å². The van der Waals surface area contributed by atoms with E-state index in [9.17, 15) is 9.90 Å². The van der Waals surface area contributed by atoms with E-state index < -0.39 is 5.97 Å². The van der Waals surface area contributed by atoms with Crippen LogP contribution in [-0.2, 0) is 6.54 Å². The Kier molecular flexibility index (Phi) is 5.51. The van der Waals surface area contributed by atoms with E-state index in [4.69, 9.17) is 0 Å². The van der Waals surface area contributed by atoms with Crippen molar-refractivity contribution < 1.29 is 9.90 Å². The van der Waals surface area contributed by atoms with Gasteiger partial charge in [0.15, 0.2) is 0 Å². The topological polar surface area (TPSA) is 49.3 Å². The standard InChI is InChI=1S/C14H14BrNO2S2/c1-2-19-12-5-3-4-11(13(12)14(17)18)16-7-10-6-9(15)8-20-10/h3-6,8,16H,2,7H2,1H3,(H,17,18). The minimum absolute atomic E-state index is 0.356. The third-order valence-corrected chi connectivity index (χ3v) is 5.25. The average Bonchev–Trinajstić information content (AvgIpc) is 2.82. The molecule has 0 saturated heterocycles. The first kappa shape index (κ1) is 15.4. The quantitative estimate of drug-likeness (QED) is 0.706. The zero-order valence-corrected chi connectivity index (χ0v) is 14.1. The van der Waals surface area contributed by atoms with Crippen LogP contribution in [0.4, 0.5) is 5.69 Å². The van der Waals surface area contributed by atoms with Crippen LogP contribution in [0.2, 0.25) is 0 Å². The van der Waals surface area contributed by atoms with Gasteiger partial charge < -0.3 is 10.4 Å². The predicted molar refractivity (Wildman–Crippen MR) is 89.1 cm³/mol. The van der Waals surface area contributed by atoms with Crippen LogP contribution in [0, 0.1) is 0 Å². The summed E-state index contributed by atoms with van der Waals surface area (Å²) in [6.07, 6.45) is 0. The SMILES string of the molecule is CCSc1cccc(NCc2cc(Br)cs2)c1C(=O)O. The van der Waals surface area contributed by atoms with Gasteiger partial charge in [-0.1, -0.05) is 13.0 Å². The molecule has 2 aromatic rings. The van der Waals surface area contributed by atoms with Crippen molar-refractivity contribution >= 4 is 50.7 Å². The van der Waals surface area contributed by atoms with Crippen LogP contribution in [0.15, 0.2) is 39.0 Å². The van der Waals surface area contributed by atoms with Gasteiger partial charge in [-0.05, 0) is 39.9 Å². The molecular formula is C14H14BrNO2S2. The third kappa shape index (κ3) is 3.77. The first-order chi connectivity index (χ1) is 9.61. The molecule has 0 atom stereocenters. The lowest BCUT2D eigenvalue weighted by atomic mass is 10.1. The van der Waals surface area contributed by atoms with Gasteiger partial charge in [-0.2, -0.15) is 0 Å². The molecule has 1 aromatic carbocycles. The Bertz CT molecular complexity index is 613. The Morgan fingerprint density at radius 2 is 2.30 bits per heavy atom. The van der Waals surface area contributed by atoms with Crippen molar-refractivity contribution in [3.63, 3.8) is 0 Å². The summed E-state index contributed by atoms with van der Waals surface area (Å²) in [6.45, 7) is 2.64. The Morgan fingerprint density at radius 1 is 1.50 bits per heavy atom. The molecule has 3 nitrogen and oxygen atoms in total. The summed E-state index contributed by atoms with van der Waals surface area (Å²) in [5.41, 5.74) is 1.02. The van der Waals surface area contributed by atoms with Gasteiger partial charge in [0.1, 0.15) is 0 Å². The molecule has 0 bridgehead atoms. The zero-order chi connectivity index (χ0) is 14.5. The summed E-state index contributed by atoms with van der Waals surface area (Å²) in [6, 6.07) is 7.58. The Labute approximate surface area is 134 Å². The van der Waals surface area contributed by atoms with E-state index in [1.54, 1.807) is 23.1 Å². The molecule has 0 aliphatic heterocycles. The summed E-state index contributed by atoms with van der Waals surface area (Å²) < 4.78 is 1.05. The lowest BCUT2D eigenvalue weighted by molar-refractivity contribution is 0.0694. The summed E-state index contributed by atoms with van der Waals surface area (Å²) >= 11 is 6.59. The number of carboxylic acids is 1. The fourth-order valence-corrected chi connectivity index (χ4v) is 4.02. The van der Waals surface area contributed by atoms with Gasteiger partial charge in [-0.3, -0.25) is 0 Å². The van der Waals surface area contributed by atoms with Crippen molar-refractivity contribution in [2.24, 2.45) is 0 Å². The molecule has 1 aromatic heterocycles. The number of thioether (sulfide) groups is 1. The smallest absolute Gasteiger partial charge is 0.338 e. The minimum atomic E-state index is -0.892. The lowest BCUT2D eigenvalue weighted by Crippen LogP contribution is -2.07. The minimum Gasteiger partial charge on any atom is -0.478 e. The number of hydrogen-bond acceptors (Lipinski definition) is 4. The maximum absolute atomic E-state index is 11.5. The van der Waals surface area contributed by atoms with Gasteiger partial charge in [0.25, 0.3) is 0 Å². The van der Waals surface area contributed by atoms with Gasteiger partial charge in [0.05, 0.1) is 11.3 Å². The number of hydrogen-bond donors (Lipinski definition) is 2. The highest BCUT2D eigenvalue weighted by atomic mass is 79.9. The van der Waals surface area contributed by atoms with Crippen molar-refractivity contribution in [3.05, 3.63) is 44.6 Å². The Morgan fingerprint density at radius 3 is 2.90 bits per heavy atom. The van der Waals surface area contributed by atoms with Crippen molar-refractivity contribution in [2.75, 3.05) is 11.1 Å². The van der Waals surface area contributed by atoms with Crippen molar-refractivity contribution in [1.29, 1.82) is 0 Å². The number of benzene rings is 1. The van der Waals surface area contributed by atoms with E-state index in [0.717, 1.165) is 20.0 Å². The van der Waals surface area contributed by atoms with Crippen LogP contribution < -0.4 is 5.32 Å². The van der Waals surface area contributed by atoms with Crippen molar-refractivity contribution in [2.45, 2.75) is 18.4 Å². The molecule has 0 unspecified atom stereocenters. The summed E-state index contributed by atoms with van der Waals surface area (Å²) in [5.74, 6) is -0.0434. The molecule has 0 fully saturated rings. The van der Waals surface area contributed by atoms with Crippen LogP contribution in [0.5, 0.6) is 0 Å². The highest BCUT2D eigenvalue weighted by molar-refractivity contribution is 9.10. The average molecular weight is 372 g/mol. The van der Waals surface area contributed by atoms with Gasteiger partial charge >= 0.3 is 5.97 Å². The number of carbonyl (C=O) groups is 1. The second kappa shape index (κ2) is 7.15. The highest BCUT2D eigenvalue weighted by Gasteiger charge is 2.15. The first-order valence-corrected chi connectivity index (χ1v) is 8.73. The van der Waals surface area contributed by atoms with Crippen LogP contribution in [-0.4, -0.2) is 16.8 Å². The number of halogens is 1. The van der Waals surface area contributed by atoms with E-state index in [0.29, 0.717) is 17.8 Å². The first-order valence-electron chi connectivity index (χ1n) is 6.07. The number of aromatic carboxylic acids is 1. The fourth-order valence-electron chi connectivity index (χ4n) is 1.80. The maximum atomic E-state index is 11.5. The van der Waals surface area contributed by atoms with Crippen molar-refractivity contribution in [3.8, 4) is 0 Å². The van der Waals surface area contributed by atoms with Gasteiger partial charge in [-0.15, -0.1) is 23.1 Å². The van der Waals surface area contributed by atoms with Crippen LogP contribution >= 0.6 is 39.0 Å². The molecule has 6 heteroatoms. The van der Waals surface area contributed by atoms with Gasteiger partial charge in [-0.25, -0.2) is 4.79 Å². The van der Waals surface area contributed by atoms with E-state index in [2.05, 4.69) is 21.2 Å². The molecule has 20 heavy (non-hydrogen) atoms. The molecule has 1 heterocycles. The third-order valence-electron chi connectivity index (χ3n) is 2.61. The normalized spacial score (nSPS) is 10.5. The molecule has 0 amide bonds. The molecule has 2 N–H and O–H groups in total. The van der Waals surface area contributed by atoms with Gasteiger partial charge in [0, 0.05) is 26.2 Å². The van der Waals surface area contributed by atoms with E-state index in [-0.39, 0.29) is 0 Å². The monoisotopic (exact) mass is 371 g/mol. The highest BCUT2D eigenvalue weighted by Crippen LogP contribution is 2.29. The molecule has 106 valence electrons. The van der Waals surface area contributed by atoms with Crippen molar-refractivity contribution in [1.82, 2.24) is 0 Å². The fraction of sp³-hybridized carbons (Fsp3) is 0.214. The molecule has 2 rings (SSSR count). The number of nitrogens with one attached hydrogen (secondary N) is 1. The van der Waals surface area contributed by atoms with Crippen LogP contribution in [0.3, 0.4) is 0 Å². The second-order valence-corrected chi connectivity index (χ2v) is 7.22. The maximum Gasteiger partial charge on any atom is 0.338 e. The predicted octanol–water partition coefficient (Wildman–Crippen LogP) is 4.93. The molecule has 0 aliphatic carbocycles. The molecule has 0 spiro atoms. The van der Waals surface area contributed by atoms with Crippen LogP contribution in [0.25, 0.3) is 0 Å². The summed E-state index contributed by atoms with van der Waals surface area (Å²) in [5, 5.41) is 14.6. The number of carboxylic acid groups (broad SMARTS) is 1. The Hall–Kier alpha value is -0.980. The van der Waals surface area contributed by atoms with E-state index >= 15 is 0 Å². The number of rotatable bonds is 6. The summed E-state index contributed by atoms with van der Waals surface area (Å²) in [4.78, 5) is 13.4. The molecule has 0 saturated carbocycles.